The zero-order chi connectivity index (χ0) is 26.6. The molecule has 0 bridgehead atoms. The number of hydrogen-bond donors (Lipinski definition) is 0. The Morgan fingerprint density at radius 2 is 1.35 bits per heavy atom. The minimum Gasteiger partial charge on any atom is -0.497 e. The van der Waals surface area contributed by atoms with Crippen LogP contribution in [-0.2, 0) is 18.5 Å². The van der Waals surface area contributed by atoms with Gasteiger partial charge in [0.25, 0.3) is 0 Å². The van der Waals surface area contributed by atoms with E-state index in [0.29, 0.717) is 24.9 Å². The largest absolute Gasteiger partial charge is 0.497 e. The van der Waals surface area contributed by atoms with Gasteiger partial charge in [0.05, 0.1) is 19.8 Å². The monoisotopic (exact) mass is 501 g/mol. The summed E-state index contributed by atoms with van der Waals surface area (Å²) in [6.45, 7) is 9.01. The third kappa shape index (κ3) is 6.39. The van der Waals surface area contributed by atoms with Crippen molar-refractivity contribution in [2.45, 2.75) is 46.2 Å². The van der Waals surface area contributed by atoms with Crippen LogP contribution in [-0.4, -0.2) is 34.2 Å². The maximum atomic E-state index is 14.9. The first-order chi connectivity index (χ1) is 17.7. The van der Waals surface area contributed by atoms with Gasteiger partial charge in [-0.2, -0.15) is 14.4 Å². The maximum absolute atomic E-state index is 14.9. The van der Waals surface area contributed by atoms with E-state index in [1.165, 1.54) is 0 Å². The molecule has 0 spiro atoms. The van der Waals surface area contributed by atoms with Crippen molar-refractivity contribution in [1.29, 1.82) is 0 Å². The van der Waals surface area contributed by atoms with Crippen molar-refractivity contribution in [3.05, 3.63) is 89.3 Å². The van der Waals surface area contributed by atoms with Crippen molar-refractivity contribution in [2.24, 2.45) is 0 Å². The van der Waals surface area contributed by atoms with E-state index in [0.717, 1.165) is 28.2 Å². The first-order valence-corrected chi connectivity index (χ1v) is 12.1. The lowest BCUT2D eigenvalue weighted by molar-refractivity contribution is 0.414. The van der Waals surface area contributed by atoms with Gasteiger partial charge in [0, 0.05) is 19.3 Å². The molecule has 4 rings (SSSR count). The van der Waals surface area contributed by atoms with Crippen LogP contribution in [0.1, 0.15) is 43.3 Å². The van der Waals surface area contributed by atoms with Crippen molar-refractivity contribution >= 4 is 5.95 Å². The molecule has 192 valence electrons. The van der Waals surface area contributed by atoms with Crippen molar-refractivity contribution in [1.82, 2.24) is 19.9 Å². The molecule has 0 atom stereocenters. The molecule has 37 heavy (non-hydrogen) atoms. The maximum Gasteiger partial charge on any atom is 0.229 e. The van der Waals surface area contributed by atoms with Crippen molar-refractivity contribution in [3.63, 3.8) is 0 Å². The summed E-state index contributed by atoms with van der Waals surface area (Å²) in [5.74, 6) is 2.16. The molecule has 0 radical (unpaired) electrons. The van der Waals surface area contributed by atoms with E-state index in [4.69, 9.17) is 14.5 Å². The minimum absolute atomic E-state index is 0.199. The molecule has 0 saturated carbocycles. The number of methoxy groups -OCH3 is 2. The molecule has 0 aliphatic heterocycles. The molecule has 0 fully saturated rings. The van der Waals surface area contributed by atoms with Gasteiger partial charge in [-0.25, -0.2) is 9.97 Å². The second-order valence-corrected chi connectivity index (χ2v) is 9.87. The highest BCUT2D eigenvalue weighted by molar-refractivity contribution is 5.57. The molecular weight excluding hydrogens is 469 g/mol. The number of anilines is 1. The van der Waals surface area contributed by atoms with Gasteiger partial charge in [-0.05, 0) is 59.4 Å². The van der Waals surface area contributed by atoms with Gasteiger partial charge >= 0.3 is 0 Å². The quantitative estimate of drug-likeness (QED) is 0.278. The molecule has 2 heterocycles. The SMILES string of the molecule is COc1ccc(CN(Cc2ccc(OC)cc2)c2nc(C)nc(-c3cc(C(C)(C)C)cnc3F)n2)cc1. The van der Waals surface area contributed by atoms with Crippen molar-refractivity contribution in [3.8, 4) is 22.9 Å². The summed E-state index contributed by atoms with van der Waals surface area (Å²) in [4.78, 5) is 19.9. The summed E-state index contributed by atoms with van der Waals surface area (Å²) in [5, 5.41) is 0. The highest BCUT2D eigenvalue weighted by Crippen LogP contribution is 2.28. The number of nitrogens with zero attached hydrogens (tertiary/aromatic N) is 5. The Kier molecular flexibility index (Phi) is 7.66. The third-order valence-electron chi connectivity index (χ3n) is 6.03. The summed E-state index contributed by atoms with van der Waals surface area (Å²) in [7, 11) is 3.28. The number of hydrogen-bond acceptors (Lipinski definition) is 7. The van der Waals surface area contributed by atoms with Crippen LogP contribution < -0.4 is 14.4 Å². The highest BCUT2D eigenvalue weighted by Gasteiger charge is 2.21. The smallest absolute Gasteiger partial charge is 0.229 e. The van der Waals surface area contributed by atoms with Gasteiger partial charge in [0.15, 0.2) is 5.82 Å². The van der Waals surface area contributed by atoms with Gasteiger partial charge in [-0.1, -0.05) is 45.0 Å². The van der Waals surface area contributed by atoms with Crippen LogP contribution >= 0.6 is 0 Å². The summed E-state index contributed by atoms with van der Waals surface area (Å²) < 4.78 is 25.5. The molecule has 7 nitrogen and oxygen atoms in total. The van der Waals surface area contributed by atoms with E-state index in [9.17, 15) is 4.39 Å². The van der Waals surface area contributed by atoms with E-state index >= 15 is 0 Å². The molecule has 0 aliphatic rings. The Morgan fingerprint density at radius 1 is 0.811 bits per heavy atom. The molecule has 0 aliphatic carbocycles. The zero-order valence-electron chi connectivity index (χ0n) is 22.1. The number of benzene rings is 2. The van der Waals surface area contributed by atoms with E-state index in [2.05, 4.69) is 35.7 Å². The van der Waals surface area contributed by atoms with Gasteiger partial charge in [-0.3, -0.25) is 0 Å². The Bertz CT molecular complexity index is 1300. The second kappa shape index (κ2) is 10.9. The first kappa shape index (κ1) is 26.0. The Morgan fingerprint density at radius 3 is 1.84 bits per heavy atom. The predicted octanol–water partition coefficient (Wildman–Crippen LogP) is 5.90. The second-order valence-electron chi connectivity index (χ2n) is 9.87. The predicted molar refractivity (Wildman–Crippen MR) is 142 cm³/mol. The topological polar surface area (TPSA) is 73.3 Å². The minimum atomic E-state index is -0.610. The molecule has 0 N–H and O–H groups in total. The fourth-order valence-electron chi connectivity index (χ4n) is 3.84. The summed E-state index contributed by atoms with van der Waals surface area (Å²) in [6, 6.07) is 17.5. The Labute approximate surface area is 217 Å². The van der Waals surface area contributed by atoms with Crippen molar-refractivity contribution in [2.75, 3.05) is 19.1 Å². The summed E-state index contributed by atoms with van der Waals surface area (Å²) >= 11 is 0. The van der Waals surface area contributed by atoms with Crippen LogP contribution in [0.4, 0.5) is 10.3 Å². The van der Waals surface area contributed by atoms with Crippen LogP contribution in [0.2, 0.25) is 0 Å². The van der Waals surface area contributed by atoms with Crippen LogP contribution in [0.5, 0.6) is 11.5 Å². The van der Waals surface area contributed by atoms with Gasteiger partial charge in [0.1, 0.15) is 17.3 Å². The normalized spacial score (nSPS) is 11.3. The highest BCUT2D eigenvalue weighted by atomic mass is 19.1. The fourth-order valence-corrected chi connectivity index (χ4v) is 3.84. The number of rotatable bonds is 8. The molecule has 2 aromatic carbocycles. The van der Waals surface area contributed by atoms with Crippen LogP contribution in [0.15, 0.2) is 60.8 Å². The first-order valence-electron chi connectivity index (χ1n) is 12.1. The van der Waals surface area contributed by atoms with Crippen LogP contribution in [0, 0.1) is 12.9 Å². The molecule has 0 amide bonds. The Balaban J connectivity index is 1.75. The van der Waals surface area contributed by atoms with Gasteiger partial charge in [0.2, 0.25) is 11.9 Å². The standard InChI is InChI=1S/C29H32FN5O2/c1-19-32-27(25-15-22(29(2,3)4)16-31-26(25)30)34-28(33-19)35(17-20-7-11-23(36-5)12-8-20)18-21-9-13-24(37-6)14-10-21/h7-16H,17-18H2,1-6H3. The number of aromatic nitrogens is 4. The van der Waals surface area contributed by atoms with E-state index in [-0.39, 0.29) is 16.8 Å². The number of halogens is 1. The van der Waals surface area contributed by atoms with E-state index in [1.54, 1.807) is 33.4 Å². The molecule has 2 aromatic heterocycles. The molecule has 0 unspecified atom stereocenters. The average Bonchev–Trinajstić information content (AvgIpc) is 2.88. The number of aryl methyl sites for hydroxylation is 1. The zero-order valence-corrected chi connectivity index (χ0v) is 22.1. The van der Waals surface area contributed by atoms with Crippen LogP contribution in [0.25, 0.3) is 11.4 Å². The van der Waals surface area contributed by atoms with Gasteiger partial charge < -0.3 is 14.4 Å². The van der Waals surface area contributed by atoms with Crippen molar-refractivity contribution < 1.29 is 13.9 Å². The summed E-state index contributed by atoms with van der Waals surface area (Å²) in [6.07, 6.45) is 1.56. The summed E-state index contributed by atoms with van der Waals surface area (Å²) in [5.41, 5.74) is 3.06. The van der Waals surface area contributed by atoms with Crippen LogP contribution in [0.3, 0.4) is 0 Å². The molecule has 4 aromatic rings. The third-order valence-corrected chi connectivity index (χ3v) is 6.03. The van der Waals surface area contributed by atoms with E-state index < -0.39 is 5.95 Å². The lowest BCUT2D eigenvalue weighted by Gasteiger charge is -2.24. The lowest BCUT2D eigenvalue weighted by Crippen LogP contribution is -2.25. The average molecular weight is 502 g/mol. The number of pyridine rings is 1. The molecule has 8 heteroatoms. The lowest BCUT2D eigenvalue weighted by atomic mass is 9.87. The fraction of sp³-hybridized carbons (Fsp3) is 0.310. The Hall–Kier alpha value is -4.07. The number of ether oxygens (including phenoxy) is 2. The molecule has 0 saturated heterocycles. The van der Waals surface area contributed by atoms with Gasteiger partial charge in [-0.15, -0.1) is 0 Å². The molecular formula is C29H32FN5O2. The van der Waals surface area contributed by atoms with E-state index in [1.807, 2.05) is 53.4 Å².